The zero-order valence-corrected chi connectivity index (χ0v) is 14.7. The van der Waals surface area contributed by atoms with Crippen LogP contribution in [0.1, 0.15) is 30.0 Å². The fourth-order valence-corrected chi connectivity index (χ4v) is 4.10. The summed E-state index contributed by atoms with van der Waals surface area (Å²) in [6.45, 7) is 6.05. The summed E-state index contributed by atoms with van der Waals surface area (Å²) in [5.74, 6) is 0.230. The van der Waals surface area contributed by atoms with Gasteiger partial charge in [0.05, 0.1) is 22.8 Å². The minimum atomic E-state index is -0.439. The van der Waals surface area contributed by atoms with Crippen LogP contribution in [0.15, 0.2) is 14.2 Å². The van der Waals surface area contributed by atoms with E-state index in [1.807, 2.05) is 6.92 Å². The van der Waals surface area contributed by atoms with Crippen molar-refractivity contribution in [1.29, 1.82) is 0 Å². The predicted octanol–water partition coefficient (Wildman–Crippen LogP) is 3.69. The standard InChI is InChI=1S/C12H14BrN3O2S2/c1-6(2)20-12-10(14-5-19-12)16-9(11(17)18-4)8(13)7(3)15-16/h5-6H,1-4H3. The number of aromatic nitrogens is 3. The maximum atomic E-state index is 12.0. The first-order chi connectivity index (χ1) is 9.45. The largest absolute Gasteiger partial charge is 0.464 e. The molecule has 0 unspecified atom stereocenters. The SMILES string of the molecule is COC(=O)c1c(Br)c(C)nn1-c1ncsc1SC(C)C. The van der Waals surface area contributed by atoms with E-state index in [4.69, 9.17) is 4.74 Å². The van der Waals surface area contributed by atoms with Gasteiger partial charge < -0.3 is 4.74 Å². The average molecular weight is 376 g/mol. The molecule has 0 bridgehead atoms. The monoisotopic (exact) mass is 375 g/mol. The zero-order chi connectivity index (χ0) is 14.9. The number of methoxy groups -OCH3 is 1. The van der Waals surface area contributed by atoms with Crippen molar-refractivity contribution in [2.24, 2.45) is 0 Å². The van der Waals surface area contributed by atoms with Crippen LogP contribution in [0.5, 0.6) is 0 Å². The smallest absolute Gasteiger partial charge is 0.358 e. The van der Waals surface area contributed by atoms with Gasteiger partial charge in [-0.15, -0.1) is 23.1 Å². The van der Waals surface area contributed by atoms with E-state index in [0.29, 0.717) is 21.2 Å². The highest BCUT2D eigenvalue weighted by Crippen LogP contribution is 2.34. The van der Waals surface area contributed by atoms with Crippen LogP contribution in [-0.4, -0.2) is 33.1 Å². The van der Waals surface area contributed by atoms with E-state index in [1.165, 1.54) is 18.4 Å². The van der Waals surface area contributed by atoms with E-state index in [1.54, 1.807) is 22.0 Å². The summed E-state index contributed by atoms with van der Waals surface area (Å²) < 4.78 is 8.04. The van der Waals surface area contributed by atoms with Gasteiger partial charge in [-0.25, -0.2) is 14.5 Å². The number of halogens is 1. The third-order valence-electron chi connectivity index (χ3n) is 2.43. The van der Waals surface area contributed by atoms with Crippen LogP contribution < -0.4 is 0 Å². The zero-order valence-electron chi connectivity index (χ0n) is 11.5. The molecule has 8 heteroatoms. The molecule has 2 rings (SSSR count). The lowest BCUT2D eigenvalue weighted by atomic mass is 10.4. The molecule has 0 aliphatic carbocycles. The average Bonchev–Trinajstić information content (AvgIpc) is 2.94. The molecule has 0 spiro atoms. The molecule has 20 heavy (non-hydrogen) atoms. The number of ether oxygens (including phenoxy) is 1. The summed E-state index contributed by atoms with van der Waals surface area (Å²) in [7, 11) is 1.35. The molecule has 0 saturated heterocycles. The third-order valence-corrected chi connectivity index (χ3v) is 5.43. The normalized spacial score (nSPS) is 11.1. The van der Waals surface area contributed by atoms with Crippen molar-refractivity contribution in [3.05, 3.63) is 21.4 Å². The van der Waals surface area contributed by atoms with Crippen LogP contribution in [0.4, 0.5) is 0 Å². The summed E-state index contributed by atoms with van der Waals surface area (Å²) >= 11 is 6.62. The first-order valence-electron chi connectivity index (χ1n) is 5.89. The van der Waals surface area contributed by atoms with Gasteiger partial charge in [0.15, 0.2) is 11.5 Å². The van der Waals surface area contributed by atoms with Crippen LogP contribution in [0, 0.1) is 6.92 Å². The summed E-state index contributed by atoms with van der Waals surface area (Å²) in [6, 6.07) is 0. The number of thioether (sulfide) groups is 1. The molecule has 2 aromatic rings. The molecule has 0 aliphatic rings. The summed E-state index contributed by atoms with van der Waals surface area (Å²) in [5.41, 5.74) is 2.84. The Balaban J connectivity index is 2.56. The first-order valence-corrected chi connectivity index (χ1v) is 8.44. The Hall–Kier alpha value is -0.860. The highest BCUT2D eigenvalue weighted by molar-refractivity contribution is 9.10. The van der Waals surface area contributed by atoms with Crippen molar-refractivity contribution >= 4 is 45.0 Å². The molecule has 5 nitrogen and oxygen atoms in total. The maximum Gasteiger partial charge on any atom is 0.358 e. The number of carbonyl (C=O) groups is 1. The third kappa shape index (κ3) is 2.91. The minimum absolute atomic E-state index is 0.363. The van der Waals surface area contributed by atoms with Crippen LogP contribution in [0.3, 0.4) is 0 Å². The number of hydrogen-bond acceptors (Lipinski definition) is 6. The highest BCUT2D eigenvalue weighted by Gasteiger charge is 2.24. The molecule has 2 aromatic heterocycles. The molecule has 0 fully saturated rings. The number of esters is 1. The van der Waals surface area contributed by atoms with Gasteiger partial charge in [0.1, 0.15) is 4.21 Å². The molecule has 0 aromatic carbocycles. The van der Waals surface area contributed by atoms with E-state index < -0.39 is 5.97 Å². The van der Waals surface area contributed by atoms with Gasteiger partial charge in [0.25, 0.3) is 0 Å². The van der Waals surface area contributed by atoms with Gasteiger partial charge in [-0.2, -0.15) is 5.10 Å². The second kappa shape index (κ2) is 6.28. The lowest BCUT2D eigenvalue weighted by Gasteiger charge is -2.07. The van der Waals surface area contributed by atoms with Crippen molar-refractivity contribution in [3.8, 4) is 5.82 Å². The molecule has 0 atom stereocenters. The molecule has 0 amide bonds. The Morgan fingerprint density at radius 1 is 1.55 bits per heavy atom. The Labute approximate surface area is 133 Å². The fraction of sp³-hybridized carbons (Fsp3) is 0.417. The van der Waals surface area contributed by atoms with E-state index in [9.17, 15) is 4.79 Å². The van der Waals surface area contributed by atoms with E-state index >= 15 is 0 Å². The summed E-state index contributed by atoms with van der Waals surface area (Å²) in [6.07, 6.45) is 0. The van der Waals surface area contributed by atoms with Crippen molar-refractivity contribution in [2.45, 2.75) is 30.2 Å². The maximum absolute atomic E-state index is 12.0. The first kappa shape index (κ1) is 15.5. The van der Waals surface area contributed by atoms with Gasteiger partial charge in [-0.05, 0) is 22.9 Å². The predicted molar refractivity (Wildman–Crippen MR) is 84.0 cm³/mol. The molecular formula is C12H14BrN3O2S2. The summed E-state index contributed by atoms with van der Waals surface area (Å²) in [4.78, 5) is 16.3. The number of thiazole rings is 1. The van der Waals surface area contributed by atoms with Crippen molar-refractivity contribution < 1.29 is 9.53 Å². The Morgan fingerprint density at radius 3 is 2.85 bits per heavy atom. The molecule has 2 heterocycles. The number of nitrogens with zero attached hydrogens (tertiary/aromatic N) is 3. The fourth-order valence-electron chi connectivity index (χ4n) is 1.60. The highest BCUT2D eigenvalue weighted by atomic mass is 79.9. The second-order valence-corrected chi connectivity index (χ2v) is 7.77. The lowest BCUT2D eigenvalue weighted by Crippen LogP contribution is -2.11. The lowest BCUT2D eigenvalue weighted by molar-refractivity contribution is 0.0589. The molecule has 0 saturated carbocycles. The quantitative estimate of drug-likeness (QED) is 0.602. The van der Waals surface area contributed by atoms with E-state index in [0.717, 1.165) is 9.90 Å². The van der Waals surface area contributed by atoms with Crippen LogP contribution in [0.25, 0.3) is 5.82 Å². The van der Waals surface area contributed by atoms with Crippen molar-refractivity contribution in [2.75, 3.05) is 7.11 Å². The molecule has 108 valence electrons. The van der Waals surface area contributed by atoms with Gasteiger partial charge >= 0.3 is 5.97 Å². The number of rotatable bonds is 4. The second-order valence-electron chi connectivity index (χ2n) is 4.28. The van der Waals surface area contributed by atoms with Gasteiger partial charge in [-0.1, -0.05) is 13.8 Å². The van der Waals surface area contributed by atoms with Crippen LogP contribution >= 0.6 is 39.0 Å². The van der Waals surface area contributed by atoms with Crippen LogP contribution in [-0.2, 0) is 4.74 Å². The van der Waals surface area contributed by atoms with E-state index in [2.05, 4.69) is 39.9 Å². The number of carbonyl (C=O) groups excluding carboxylic acids is 1. The molecule has 0 aliphatic heterocycles. The Bertz CT molecular complexity index is 637. The van der Waals surface area contributed by atoms with Crippen molar-refractivity contribution in [3.63, 3.8) is 0 Å². The number of hydrogen-bond donors (Lipinski definition) is 0. The summed E-state index contributed by atoms with van der Waals surface area (Å²) in [5, 5.41) is 4.82. The van der Waals surface area contributed by atoms with Gasteiger partial charge in [0, 0.05) is 5.25 Å². The Kier molecular flexibility index (Phi) is 4.87. The minimum Gasteiger partial charge on any atom is -0.464 e. The molecule has 0 N–H and O–H groups in total. The molecular weight excluding hydrogens is 362 g/mol. The Morgan fingerprint density at radius 2 is 2.25 bits per heavy atom. The van der Waals surface area contributed by atoms with Gasteiger partial charge in [-0.3, -0.25) is 0 Å². The van der Waals surface area contributed by atoms with Crippen molar-refractivity contribution in [1.82, 2.24) is 14.8 Å². The topological polar surface area (TPSA) is 57.0 Å². The molecule has 0 radical (unpaired) electrons. The number of aryl methyl sites for hydroxylation is 1. The van der Waals surface area contributed by atoms with Gasteiger partial charge in [0.2, 0.25) is 0 Å². The van der Waals surface area contributed by atoms with E-state index in [-0.39, 0.29) is 0 Å². The van der Waals surface area contributed by atoms with Crippen LogP contribution in [0.2, 0.25) is 0 Å².